The summed E-state index contributed by atoms with van der Waals surface area (Å²) in [7, 11) is 0. The van der Waals surface area contributed by atoms with E-state index in [-0.39, 0.29) is 38.0 Å². The third-order valence-electron chi connectivity index (χ3n) is 5.77. The summed E-state index contributed by atoms with van der Waals surface area (Å²) in [6.07, 6.45) is 2.71. The lowest BCUT2D eigenvalue weighted by Crippen LogP contribution is -2.57. The van der Waals surface area contributed by atoms with Gasteiger partial charge in [0.2, 0.25) is 29.5 Å². The molecule has 1 saturated heterocycles. The second kappa shape index (κ2) is 16.4. The van der Waals surface area contributed by atoms with Crippen LogP contribution in [-0.2, 0) is 28.8 Å². The number of carboxylic acid groups (broad SMARTS) is 1. The van der Waals surface area contributed by atoms with Crippen LogP contribution in [0.1, 0.15) is 64.2 Å². The standard InChI is InChI=1S/C22H39N7O7/c23-11-3-1-5-13(28-21(34)15-8-10-18(31)26-15)19(32)27-14(6-2-4-12-24)20(33)29-16(22(35)36)7-9-17(25)30/h13-16H,1-12,23-24H2,(H2,25,30)(H,26,31)(H,27,32)(H,28,34)(H,29,33)(H,35,36)/t13-,14-,15-,16-/m0/s1. The maximum absolute atomic E-state index is 13.1. The summed E-state index contributed by atoms with van der Waals surface area (Å²) in [6, 6.07) is -4.20. The van der Waals surface area contributed by atoms with Crippen molar-refractivity contribution in [3.05, 3.63) is 0 Å². The van der Waals surface area contributed by atoms with Gasteiger partial charge in [-0.05, 0) is 64.5 Å². The molecule has 0 aromatic carbocycles. The first-order chi connectivity index (χ1) is 17.1. The van der Waals surface area contributed by atoms with E-state index in [2.05, 4.69) is 21.3 Å². The van der Waals surface area contributed by atoms with Crippen molar-refractivity contribution in [3.63, 3.8) is 0 Å². The molecule has 204 valence electrons. The first-order valence-corrected chi connectivity index (χ1v) is 12.2. The van der Waals surface area contributed by atoms with Crippen LogP contribution in [0.4, 0.5) is 0 Å². The minimum atomic E-state index is -1.37. The van der Waals surface area contributed by atoms with Crippen LogP contribution in [0.2, 0.25) is 0 Å². The fourth-order valence-corrected chi connectivity index (χ4v) is 3.69. The number of hydrogen-bond acceptors (Lipinski definition) is 8. The van der Waals surface area contributed by atoms with E-state index in [0.29, 0.717) is 45.2 Å². The monoisotopic (exact) mass is 513 g/mol. The van der Waals surface area contributed by atoms with E-state index in [1.165, 1.54) is 0 Å². The third-order valence-corrected chi connectivity index (χ3v) is 5.77. The van der Waals surface area contributed by atoms with Crippen LogP contribution < -0.4 is 38.5 Å². The SMILES string of the molecule is NCCCC[C@H](NC(=O)[C@H](CCCCN)NC(=O)[C@@H]1CCC(=O)N1)C(=O)N[C@@H](CCC(N)=O)C(=O)O. The van der Waals surface area contributed by atoms with Gasteiger partial charge in [0.1, 0.15) is 24.2 Å². The highest BCUT2D eigenvalue weighted by Crippen LogP contribution is 2.10. The highest BCUT2D eigenvalue weighted by Gasteiger charge is 2.32. The van der Waals surface area contributed by atoms with E-state index < -0.39 is 53.8 Å². The van der Waals surface area contributed by atoms with Gasteiger partial charge in [0.25, 0.3) is 0 Å². The number of nitrogens with one attached hydrogen (secondary N) is 4. The van der Waals surface area contributed by atoms with Gasteiger partial charge in [-0.1, -0.05) is 0 Å². The van der Waals surface area contributed by atoms with Crippen LogP contribution in [0.15, 0.2) is 0 Å². The molecule has 11 N–H and O–H groups in total. The van der Waals surface area contributed by atoms with E-state index in [1.54, 1.807) is 0 Å². The molecule has 0 aromatic rings. The Hall–Kier alpha value is -3.26. The van der Waals surface area contributed by atoms with Crippen molar-refractivity contribution in [2.24, 2.45) is 17.2 Å². The van der Waals surface area contributed by atoms with Gasteiger partial charge in [0.05, 0.1) is 0 Å². The molecule has 14 heteroatoms. The van der Waals surface area contributed by atoms with Crippen molar-refractivity contribution in [3.8, 4) is 0 Å². The smallest absolute Gasteiger partial charge is 0.326 e. The van der Waals surface area contributed by atoms with E-state index in [4.69, 9.17) is 17.2 Å². The molecule has 1 fully saturated rings. The number of nitrogens with two attached hydrogens (primary N) is 3. The van der Waals surface area contributed by atoms with Gasteiger partial charge in [-0.15, -0.1) is 0 Å². The molecule has 0 spiro atoms. The average molecular weight is 514 g/mol. The largest absolute Gasteiger partial charge is 0.480 e. The molecule has 4 atom stereocenters. The summed E-state index contributed by atoms with van der Waals surface area (Å²) in [5.41, 5.74) is 16.1. The minimum Gasteiger partial charge on any atom is -0.480 e. The summed E-state index contributed by atoms with van der Waals surface area (Å²) in [6.45, 7) is 0.760. The summed E-state index contributed by atoms with van der Waals surface area (Å²) in [5, 5.41) is 19.5. The van der Waals surface area contributed by atoms with E-state index in [1.807, 2.05) is 0 Å². The maximum Gasteiger partial charge on any atom is 0.326 e. The molecule has 1 rings (SSSR count). The van der Waals surface area contributed by atoms with Crippen molar-refractivity contribution in [2.45, 2.75) is 88.4 Å². The number of aliphatic carboxylic acids is 1. The molecule has 0 aliphatic carbocycles. The number of carboxylic acids is 1. The number of hydrogen-bond donors (Lipinski definition) is 8. The molecule has 1 aliphatic rings. The lowest BCUT2D eigenvalue weighted by Gasteiger charge is -2.25. The number of unbranched alkanes of at least 4 members (excludes halogenated alkanes) is 2. The molecule has 0 saturated carbocycles. The Morgan fingerprint density at radius 2 is 1.39 bits per heavy atom. The second-order valence-electron chi connectivity index (χ2n) is 8.75. The zero-order chi connectivity index (χ0) is 27.1. The van der Waals surface area contributed by atoms with Gasteiger partial charge in [0, 0.05) is 12.8 Å². The van der Waals surface area contributed by atoms with Crippen molar-refractivity contribution in [1.82, 2.24) is 21.3 Å². The van der Waals surface area contributed by atoms with E-state index in [0.717, 1.165) is 0 Å². The maximum atomic E-state index is 13.1. The first-order valence-electron chi connectivity index (χ1n) is 12.2. The summed E-state index contributed by atoms with van der Waals surface area (Å²) in [4.78, 5) is 72.6. The molecular formula is C22H39N7O7. The number of amides is 5. The predicted molar refractivity (Wildman–Crippen MR) is 129 cm³/mol. The fraction of sp³-hybridized carbons (Fsp3) is 0.727. The molecule has 0 radical (unpaired) electrons. The summed E-state index contributed by atoms with van der Waals surface area (Å²) < 4.78 is 0. The zero-order valence-corrected chi connectivity index (χ0v) is 20.4. The first kappa shape index (κ1) is 30.8. The normalized spacial score (nSPS) is 17.4. The van der Waals surface area contributed by atoms with Crippen molar-refractivity contribution < 1.29 is 33.9 Å². The Balaban J connectivity index is 2.93. The number of rotatable bonds is 18. The van der Waals surface area contributed by atoms with Crippen LogP contribution in [0, 0.1) is 0 Å². The van der Waals surface area contributed by atoms with Crippen LogP contribution in [-0.4, -0.2) is 77.9 Å². The molecule has 14 nitrogen and oxygen atoms in total. The van der Waals surface area contributed by atoms with Gasteiger partial charge in [-0.2, -0.15) is 0 Å². The van der Waals surface area contributed by atoms with Crippen LogP contribution in [0.25, 0.3) is 0 Å². The molecule has 1 heterocycles. The van der Waals surface area contributed by atoms with Gasteiger partial charge >= 0.3 is 5.97 Å². The number of carbonyl (C=O) groups is 6. The number of primary amides is 1. The predicted octanol–water partition coefficient (Wildman–Crippen LogP) is -2.67. The minimum absolute atomic E-state index is 0.180. The van der Waals surface area contributed by atoms with Gasteiger partial charge in [-0.25, -0.2) is 4.79 Å². The third kappa shape index (κ3) is 11.4. The Kier molecular flexibility index (Phi) is 14.0. The molecule has 0 aromatic heterocycles. The summed E-state index contributed by atoms with van der Waals surface area (Å²) >= 11 is 0. The molecular weight excluding hydrogens is 474 g/mol. The topological polar surface area (TPSA) is 249 Å². The molecule has 1 aliphatic heterocycles. The summed E-state index contributed by atoms with van der Waals surface area (Å²) in [5.74, 6) is -4.18. The molecule has 0 bridgehead atoms. The van der Waals surface area contributed by atoms with E-state index >= 15 is 0 Å². The van der Waals surface area contributed by atoms with Crippen molar-refractivity contribution >= 4 is 35.5 Å². The van der Waals surface area contributed by atoms with E-state index in [9.17, 15) is 33.9 Å². The number of carbonyl (C=O) groups excluding carboxylic acids is 5. The Bertz CT molecular complexity index is 793. The second-order valence-corrected chi connectivity index (χ2v) is 8.75. The molecule has 0 unspecified atom stereocenters. The molecule has 5 amide bonds. The van der Waals surface area contributed by atoms with Gasteiger partial charge in [-0.3, -0.25) is 24.0 Å². The van der Waals surface area contributed by atoms with Crippen LogP contribution in [0.3, 0.4) is 0 Å². The highest BCUT2D eigenvalue weighted by atomic mass is 16.4. The average Bonchev–Trinajstić information content (AvgIpc) is 3.26. The zero-order valence-electron chi connectivity index (χ0n) is 20.4. The Morgan fingerprint density at radius 1 is 0.861 bits per heavy atom. The van der Waals surface area contributed by atoms with Crippen LogP contribution >= 0.6 is 0 Å². The van der Waals surface area contributed by atoms with Crippen molar-refractivity contribution in [2.75, 3.05) is 13.1 Å². The highest BCUT2D eigenvalue weighted by molar-refractivity contribution is 5.96. The Labute approximate surface area is 209 Å². The van der Waals surface area contributed by atoms with Crippen molar-refractivity contribution in [1.29, 1.82) is 0 Å². The Morgan fingerprint density at radius 3 is 1.83 bits per heavy atom. The molecule has 36 heavy (non-hydrogen) atoms. The van der Waals surface area contributed by atoms with Gasteiger partial charge in [0.15, 0.2) is 0 Å². The lowest BCUT2D eigenvalue weighted by atomic mass is 10.0. The quantitative estimate of drug-likeness (QED) is 0.0888. The van der Waals surface area contributed by atoms with Crippen LogP contribution in [0.5, 0.6) is 0 Å². The fourth-order valence-electron chi connectivity index (χ4n) is 3.69. The van der Waals surface area contributed by atoms with Gasteiger partial charge < -0.3 is 43.6 Å². The lowest BCUT2D eigenvalue weighted by molar-refractivity contribution is -0.142.